The summed E-state index contributed by atoms with van der Waals surface area (Å²) in [5.41, 5.74) is 5.96. The van der Waals surface area contributed by atoms with Crippen LogP contribution in [0.25, 0.3) is 11.1 Å². The summed E-state index contributed by atoms with van der Waals surface area (Å²) < 4.78 is 15.8. The van der Waals surface area contributed by atoms with E-state index in [9.17, 15) is 15.0 Å². The first-order valence-electron chi connectivity index (χ1n) is 10.1. The van der Waals surface area contributed by atoms with Crippen LogP contribution < -0.4 is 0 Å². The number of nitrogens with one attached hydrogen (secondary N) is 1. The summed E-state index contributed by atoms with van der Waals surface area (Å²) in [6.07, 6.45) is -1.03. The normalized spacial score (nSPS) is 37.3. The van der Waals surface area contributed by atoms with Crippen molar-refractivity contribution in [3.05, 3.63) is 11.1 Å². The van der Waals surface area contributed by atoms with Gasteiger partial charge in [0, 0.05) is 11.8 Å². The number of nitrogens with zero attached hydrogens (tertiary/aromatic N) is 1. The van der Waals surface area contributed by atoms with Crippen molar-refractivity contribution in [3.8, 4) is 0 Å². The van der Waals surface area contributed by atoms with Crippen LogP contribution in [0, 0.1) is 11.8 Å². The van der Waals surface area contributed by atoms with Crippen LogP contribution in [0.2, 0.25) is 0 Å². The van der Waals surface area contributed by atoms with E-state index in [2.05, 4.69) is 4.74 Å². The molecule has 0 aromatic carbocycles. The number of carbonyl (C=O) groups excluding carboxylic acids is 2. The molecule has 2 fully saturated rings. The molecule has 2 saturated heterocycles. The first kappa shape index (κ1) is 33.1. The molecule has 2 aliphatic rings. The first-order valence-corrected chi connectivity index (χ1v) is 10.1. The Hall–Kier alpha value is -3.55. The van der Waals surface area contributed by atoms with E-state index in [1.165, 1.54) is 0 Å². The van der Waals surface area contributed by atoms with Gasteiger partial charge in [0.1, 0.15) is 18.8 Å². The summed E-state index contributed by atoms with van der Waals surface area (Å²) in [7, 11) is 0. The van der Waals surface area contributed by atoms with Gasteiger partial charge < -0.3 is 40.7 Å². The Balaban J connectivity index is -0.000000450. The molecule has 8 atom stereocenters. The van der Waals surface area contributed by atoms with E-state index in [4.69, 9.17) is 30.5 Å². The number of rotatable bonds is 5. The van der Waals surface area contributed by atoms with Crippen molar-refractivity contribution in [1.82, 2.24) is 0 Å². The fourth-order valence-corrected chi connectivity index (χ4v) is 3.66. The molecular formula is C20H36N2O8Rf2-2. The average molecular weight is 967 g/mol. The van der Waals surface area contributed by atoms with Crippen molar-refractivity contribution in [2.75, 3.05) is 13.2 Å². The zero-order valence-corrected chi connectivity index (χ0v) is 32.8. The number of aliphatic hydroxyl groups is 3. The Morgan fingerprint density at radius 3 is 1.62 bits per heavy atom. The number of carbonyl (C=O) groups is 1. The SMILES string of the molecule is CCC1(C)OC(CO)C(O)C1C.CCC1(C)OC(COC([NH-])=O)C(O)C1C.[N-]=C=O.[Rf].[Rf]. The summed E-state index contributed by atoms with van der Waals surface area (Å²) in [5, 5.41) is 35.2. The number of ether oxygens (including phenoxy) is 3. The first-order chi connectivity index (χ1) is 13.9. The van der Waals surface area contributed by atoms with Crippen LogP contribution in [-0.4, -0.2) is 76.3 Å². The molecule has 2 aliphatic heterocycles. The molecule has 2 heterocycles. The van der Waals surface area contributed by atoms with Gasteiger partial charge in [-0.3, -0.25) is 9.59 Å². The molecule has 0 aromatic rings. The zero-order valence-electron chi connectivity index (χ0n) is 20.0. The second kappa shape index (κ2) is 13.7. The Labute approximate surface area is 178 Å². The van der Waals surface area contributed by atoms with E-state index in [1.807, 2.05) is 41.5 Å². The van der Waals surface area contributed by atoms with E-state index >= 15 is 0 Å². The minimum Gasteiger partial charge on any atom is -0.724 e. The molecule has 10 nitrogen and oxygen atoms in total. The second-order valence-corrected chi connectivity index (χ2v) is 8.08. The molecule has 0 radical (unpaired) electrons. The van der Waals surface area contributed by atoms with Crippen LogP contribution in [0.4, 0.5) is 4.79 Å². The molecule has 0 aliphatic carbocycles. The molecular weight excluding hydrogens is 930 g/mol. The summed E-state index contributed by atoms with van der Waals surface area (Å²) in [5.74, 6) is 0.0941. The maximum Gasteiger partial charge on any atom is 0.227 e. The van der Waals surface area contributed by atoms with Crippen LogP contribution in [0.3, 0.4) is 0 Å². The molecule has 0 spiro atoms. The molecule has 180 valence electrons. The topological polar surface area (TPSA) is 169 Å². The third kappa shape index (κ3) is 7.61. The van der Waals surface area contributed by atoms with Crippen LogP contribution in [0.1, 0.15) is 54.4 Å². The van der Waals surface area contributed by atoms with Crippen molar-refractivity contribution in [3.63, 3.8) is 0 Å². The summed E-state index contributed by atoms with van der Waals surface area (Å²) >= 11 is 0. The van der Waals surface area contributed by atoms with Crippen LogP contribution >= 0.6 is 0 Å². The molecule has 4 N–H and O–H groups in total. The Kier molecular flexibility index (Phi) is 14.2. The molecule has 8 unspecified atom stereocenters. The van der Waals surface area contributed by atoms with Crippen molar-refractivity contribution >= 4 is 12.2 Å². The Bertz CT molecular complexity index is 582. The predicted molar refractivity (Wildman–Crippen MR) is 109 cm³/mol. The number of hydrogen-bond donors (Lipinski definition) is 3. The quantitative estimate of drug-likeness (QED) is 0.279. The van der Waals surface area contributed by atoms with Gasteiger partial charge in [0.25, 0.3) is 0 Å². The van der Waals surface area contributed by atoms with Crippen molar-refractivity contribution in [2.24, 2.45) is 11.8 Å². The number of aliphatic hydroxyl groups excluding tert-OH is 3. The van der Waals surface area contributed by atoms with E-state index in [0.717, 1.165) is 12.8 Å². The predicted octanol–water partition coefficient (Wildman–Crippen LogP) is 2.17. The van der Waals surface area contributed by atoms with E-state index in [-0.39, 0.29) is 36.3 Å². The third-order valence-corrected chi connectivity index (χ3v) is 6.52. The summed E-state index contributed by atoms with van der Waals surface area (Å²) in [6.45, 7) is 11.7. The van der Waals surface area contributed by atoms with Crippen LogP contribution in [-0.2, 0) is 19.0 Å². The molecule has 0 aromatic heterocycles. The maximum absolute atomic E-state index is 10.3. The molecule has 0 bridgehead atoms. The Morgan fingerprint density at radius 1 is 1.03 bits per heavy atom. The average Bonchev–Trinajstić information content (AvgIpc) is 3.07. The molecule has 1 amide bonds. The third-order valence-electron chi connectivity index (χ3n) is 6.52. The Morgan fingerprint density at radius 2 is 1.38 bits per heavy atom. The largest absolute Gasteiger partial charge is 0.724 e. The van der Waals surface area contributed by atoms with Gasteiger partial charge in [-0.15, -0.1) is 0 Å². The summed E-state index contributed by atoms with van der Waals surface area (Å²) in [4.78, 5) is 18.6. The minimum atomic E-state index is -1.09. The van der Waals surface area contributed by atoms with E-state index in [1.54, 1.807) is 0 Å². The number of hydrogen-bond acceptors (Lipinski definition) is 8. The molecule has 0 saturated carbocycles. The fraction of sp³-hybridized carbons (Fsp3) is 0.900. The summed E-state index contributed by atoms with van der Waals surface area (Å²) in [6, 6.07) is 0. The maximum atomic E-state index is 10.3. The fourth-order valence-electron chi connectivity index (χ4n) is 3.66. The van der Waals surface area contributed by atoms with Crippen LogP contribution in [0.5, 0.6) is 0 Å². The van der Waals surface area contributed by atoms with Crippen molar-refractivity contribution < 1.29 is 39.1 Å². The number of isocyanates is 1. The zero-order chi connectivity index (χ0) is 23.7. The van der Waals surface area contributed by atoms with Gasteiger partial charge in [-0.05, 0) is 32.8 Å². The number of amides is 1. The van der Waals surface area contributed by atoms with E-state index < -0.39 is 30.5 Å². The second-order valence-electron chi connectivity index (χ2n) is 8.08. The standard InChI is InChI=1S/C10H19NO4.C9H18O3.CNO.2Rf/c1-4-10(3)6(2)8(12)7(15-10)5-14-9(11)13;1-4-9(3)6(2)8(11)7(5-10)12-9;2-1-3;;/h6-8,12H,4-5H2,1-3H3,(H2,11,13);6-8,10-11H,4-5H2,1-3H3;;;/q;;-1;;/p-1. The van der Waals surface area contributed by atoms with Gasteiger partial charge in [-0.2, -0.15) is 0 Å². The molecule has 2 rings (SSSR count). The van der Waals surface area contributed by atoms with Crippen molar-refractivity contribution in [1.29, 1.82) is 0 Å². The minimum absolute atomic E-state index is 0. The van der Waals surface area contributed by atoms with Gasteiger partial charge >= 0.3 is 0 Å². The van der Waals surface area contributed by atoms with Crippen molar-refractivity contribution in [2.45, 2.75) is 90.0 Å². The monoisotopic (exact) mass is 966 g/mol. The molecule has 12 heteroatoms. The van der Waals surface area contributed by atoms with Crippen LogP contribution in [0.15, 0.2) is 0 Å². The van der Waals surface area contributed by atoms with Gasteiger partial charge in [-0.25, -0.2) is 0 Å². The van der Waals surface area contributed by atoms with E-state index in [0.29, 0.717) is 6.08 Å². The van der Waals surface area contributed by atoms with Gasteiger partial charge in [0.05, 0.1) is 30.0 Å². The van der Waals surface area contributed by atoms with Gasteiger partial charge in [0.15, 0.2) is 0 Å². The smallest absolute Gasteiger partial charge is 0.227 e. The molecule has 32 heavy (non-hydrogen) atoms. The van der Waals surface area contributed by atoms with Gasteiger partial charge in [0.2, 0.25) is 6.09 Å². The van der Waals surface area contributed by atoms with Gasteiger partial charge in [-0.1, -0.05) is 27.7 Å².